The van der Waals surface area contributed by atoms with E-state index < -0.39 is 16.7 Å². The van der Waals surface area contributed by atoms with Gasteiger partial charge < -0.3 is 25.3 Å². The van der Waals surface area contributed by atoms with Crippen molar-refractivity contribution < 1.29 is 14.6 Å². The lowest BCUT2D eigenvalue weighted by molar-refractivity contribution is -0.175. The maximum atomic E-state index is 12.1. The van der Waals surface area contributed by atoms with Crippen LogP contribution in [0, 0.1) is 5.92 Å². The van der Waals surface area contributed by atoms with Gasteiger partial charge in [0.05, 0.1) is 25.0 Å². The number of aromatic amines is 1. The second-order valence-corrected chi connectivity index (χ2v) is 11.1. The van der Waals surface area contributed by atoms with Crippen molar-refractivity contribution in [2.24, 2.45) is 11.7 Å². The van der Waals surface area contributed by atoms with Crippen LogP contribution < -0.4 is 10.5 Å². The van der Waals surface area contributed by atoms with E-state index in [1.54, 1.807) is 18.9 Å². The lowest BCUT2D eigenvalue weighted by atomic mass is 9.59. The van der Waals surface area contributed by atoms with Crippen LogP contribution in [0.3, 0.4) is 0 Å². The van der Waals surface area contributed by atoms with Crippen molar-refractivity contribution >= 4 is 22.7 Å². The molecule has 1 aromatic heterocycles. The Kier molecular flexibility index (Phi) is 5.56. The largest absolute Gasteiger partial charge is 0.497 e. The van der Waals surface area contributed by atoms with Gasteiger partial charge in [0.25, 0.3) is 0 Å². The number of aromatic nitrogens is 1. The van der Waals surface area contributed by atoms with Gasteiger partial charge in [0.15, 0.2) is 0 Å². The van der Waals surface area contributed by atoms with Crippen molar-refractivity contribution in [3.05, 3.63) is 59.3 Å². The molecule has 1 aliphatic carbocycles. The number of methoxy groups -OCH3 is 1. The smallest absolute Gasteiger partial charge is 0.119 e. The molecular formula is C27H34N2O3S. The van der Waals surface area contributed by atoms with Gasteiger partial charge in [0.1, 0.15) is 11.4 Å². The van der Waals surface area contributed by atoms with Crippen molar-refractivity contribution in [1.82, 2.24) is 4.98 Å². The molecule has 33 heavy (non-hydrogen) atoms. The summed E-state index contributed by atoms with van der Waals surface area (Å²) in [6, 6.07) is 14.5. The molecule has 0 bridgehead atoms. The predicted octanol–water partition coefficient (Wildman–Crippen LogP) is 5.09. The Labute approximate surface area is 200 Å². The summed E-state index contributed by atoms with van der Waals surface area (Å²) in [5, 5.41) is 13.3. The van der Waals surface area contributed by atoms with E-state index >= 15 is 0 Å². The molecule has 2 aromatic carbocycles. The molecule has 3 atom stereocenters. The van der Waals surface area contributed by atoms with Gasteiger partial charge in [-0.3, -0.25) is 0 Å². The molecule has 0 radical (unpaired) electrons. The Balaban J connectivity index is 1.58. The van der Waals surface area contributed by atoms with Crippen molar-refractivity contribution in [3.8, 4) is 5.75 Å². The molecule has 1 fully saturated rings. The summed E-state index contributed by atoms with van der Waals surface area (Å²) in [4.78, 5) is 4.86. The molecule has 2 heterocycles. The van der Waals surface area contributed by atoms with Gasteiger partial charge in [-0.1, -0.05) is 12.1 Å². The number of hydrogen-bond donors (Lipinski definition) is 3. The van der Waals surface area contributed by atoms with Crippen LogP contribution in [0.5, 0.6) is 5.75 Å². The molecule has 1 saturated carbocycles. The molecule has 2 aliphatic rings. The van der Waals surface area contributed by atoms with Crippen LogP contribution >= 0.6 is 11.8 Å². The minimum Gasteiger partial charge on any atom is -0.497 e. The van der Waals surface area contributed by atoms with Crippen molar-refractivity contribution in [3.63, 3.8) is 0 Å². The standard InChI is InChI=1S/C27H34N2O3S/c1-25(2,28)23-16-26(12-13-27(23,30)17-5-8-19(33-4)9-6-17)24-20(11-14-32-26)21-15-18(31-3)7-10-22(21)29-24/h5-10,15,23,29-30H,11-14,16,28H2,1-4H3. The van der Waals surface area contributed by atoms with Crippen LogP contribution in [0.4, 0.5) is 0 Å². The zero-order valence-corrected chi connectivity index (χ0v) is 20.7. The van der Waals surface area contributed by atoms with Gasteiger partial charge in [0.2, 0.25) is 0 Å². The highest BCUT2D eigenvalue weighted by Gasteiger charge is 2.56. The summed E-state index contributed by atoms with van der Waals surface area (Å²) in [7, 11) is 1.70. The van der Waals surface area contributed by atoms with Crippen LogP contribution in [-0.2, 0) is 22.4 Å². The van der Waals surface area contributed by atoms with Crippen LogP contribution in [0.1, 0.15) is 49.9 Å². The number of thioether (sulfide) groups is 1. The van der Waals surface area contributed by atoms with E-state index in [0.29, 0.717) is 19.4 Å². The van der Waals surface area contributed by atoms with Gasteiger partial charge >= 0.3 is 0 Å². The van der Waals surface area contributed by atoms with E-state index in [9.17, 15) is 5.11 Å². The minimum atomic E-state index is -1.00. The molecular weight excluding hydrogens is 432 g/mol. The van der Waals surface area contributed by atoms with Crippen LogP contribution in [0.15, 0.2) is 47.4 Å². The van der Waals surface area contributed by atoms with E-state index in [1.807, 2.05) is 19.9 Å². The summed E-state index contributed by atoms with van der Waals surface area (Å²) < 4.78 is 12.1. The second-order valence-electron chi connectivity index (χ2n) is 10.2. The van der Waals surface area contributed by atoms with Crippen LogP contribution in [-0.4, -0.2) is 35.6 Å². The quantitative estimate of drug-likeness (QED) is 0.467. The number of nitrogens with two attached hydrogens (primary N) is 1. The van der Waals surface area contributed by atoms with Gasteiger partial charge in [-0.25, -0.2) is 0 Å². The summed E-state index contributed by atoms with van der Waals surface area (Å²) >= 11 is 1.70. The lowest BCUT2D eigenvalue weighted by Crippen LogP contribution is -2.58. The Morgan fingerprint density at radius 2 is 1.94 bits per heavy atom. The van der Waals surface area contributed by atoms with Gasteiger partial charge in [0, 0.05) is 27.3 Å². The SMILES string of the molecule is COc1ccc2[nH]c3c(c2c1)CCOC31CCC(O)(c2ccc(SC)cc2)C(C(C)(C)N)C1. The predicted molar refractivity (Wildman–Crippen MR) is 134 cm³/mol. The Morgan fingerprint density at radius 3 is 2.61 bits per heavy atom. The molecule has 1 aliphatic heterocycles. The second kappa shape index (κ2) is 8.05. The number of H-pyrrole nitrogens is 1. The molecule has 0 amide bonds. The first-order chi connectivity index (χ1) is 15.7. The first-order valence-electron chi connectivity index (χ1n) is 11.7. The molecule has 176 valence electrons. The number of hydrogen-bond acceptors (Lipinski definition) is 5. The normalized spacial score (nSPS) is 27.6. The van der Waals surface area contributed by atoms with E-state index in [1.165, 1.54) is 15.8 Å². The Hall–Kier alpha value is -1.99. The third-order valence-corrected chi connectivity index (χ3v) is 8.55. The highest BCUT2D eigenvalue weighted by atomic mass is 32.2. The number of benzene rings is 2. The van der Waals surface area contributed by atoms with Crippen molar-refractivity contribution in [2.45, 2.75) is 61.2 Å². The fourth-order valence-electron chi connectivity index (χ4n) is 6.05. The van der Waals surface area contributed by atoms with Crippen LogP contribution in [0.2, 0.25) is 0 Å². The summed E-state index contributed by atoms with van der Waals surface area (Å²) in [6.07, 6.45) is 4.91. The molecule has 3 aromatic rings. The molecule has 1 spiro atoms. The highest BCUT2D eigenvalue weighted by Crippen LogP contribution is 2.55. The van der Waals surface area contributed by atoms with Gasteiger partial charge in [-0.05, 0) is 87.2 Å². The van der Waals surface area contributed by atoms with E-state index in [-0.39, 0.29) is 5.92 Å². The average molecular weight is 467 g/mol. The van der Waals surface area contributed by atoms with E-state index in [4.69, 9.17) is 15.2 Å². The van der Waals surface area contributed by atoms with Crippen molar-refractivity contribution in [2.75, 3.05) is 20.0 Å². The fraction of sp³-hybridized carbons (Fsp3) is 0.481. The topological polar surface area (TPSA) is 80.5 Å². The van der Waals surface area contributed by atoms with Gasteiger partial charge in [-0.2, -0.15) is 0 Å². The number of fused-ring (bicyclic) bond motifs is 4. The maximum absolute atomic E-state index is 12.1. The lowest BCUT2D eigenvalue weighted by Gasteiger charge is -2.54. The summed E-state index contributed by atoms with van der Waals surface area (Å²) in [5.74, 6) is 0.684. The third kappa shape index (κ3) is 3.68. The number of nitrogens with one attached hydrogen (secondary N) is 1. The zero-order valence-electron chi connectivity index (χ0n) is 19.9. The average Bonchev–Trinajstić information content (AvgIpc) is 3.19. The molecule has 4 N–H and O–H groups in total. The van der Waals surface area contributed by atoms with E-state index in [2.05, 4.69) is 47.6 Å². The first-order valence-corrected chi connectivity index (χ1v) is 12.9. The molecule has 5 rings (SSSR count). The monoisotopic (exact) mass is 466 g/mol. The fourth-order valence-corrected chi connectivity index (χ4v) is 6.46. The van der Waals surface area contributed by atoms with Crippen molar-refractivity contribution in [1.29, 1.82) is 0 Å². The number of ether oxygens (including phenoxy) is 2. The van der Waals surface area contributed by atoms with E-state index in [0.717, 1.165) is 35.4 Å². The third-order valence-electron chi connectivity index (χ3n) is 7.81. The number of aliphatic hydroxyl groups is 1. The summed E-state index contributed by atoms with van der Waals surface area (Å²) in [5.41, 5.74) is 9.18. The zero-order chi connectivity index (χ0) is 23.4. The molecule has 5 nitrogen and oxygen atoms in total. The van der Waals surface area contributed by atoms with Crippen LogP contribution in [0.25, 0.3) is 10.9 Å². The molecule has 3 unspecified atom stereocenters. The molecule has 0 saturated heterocycles. The summed E-state index contributed by atoms with van der Waals surface area (Å²) in [6.45, 7) is 4.71. The minimum absolute atomic E-state index is 0.175. The number of rotatable bonds is 4. The van der Waals surface area contributed by atoms with Gasteiger partial charge in [-0.15, -0.1) is 11.8 Å². The molecule has 6 heteroatoms. The Bertz CT molecular complexity index is 1170. The highest BCUT2D eigenvalue weighted by molar-refractivity contribution is 7.98. The Morgan fingerprint density at radius 1 is 1.18 bits per heavy atom. The maximum Gasteiger partial charge on any atom is 0.119 e. The first kappa shape index (κ1) is 22.8.